The maximum absolute atomic E-state index is 4.08. The Balaban J connectivity index is 2.08. The lowest BCUT2D eigenvalue weighted by molar-refractivity contribution is 0.410. The summed E-state index contributed by atoms with van der Waals surface area (Å²) in [7, 11) is 0. The van der Waals surface area contributed by atoms with Crippen LogP contribution < -0.4 is 0 Å². The lowest BCUT2D eigenvalue weighted by Gasteiger charge is -2.34. The normalized spacial score (nSPS) is 39.1. The van der Waals surface area contributed by atoms with E-state index in [2.05, 4.69) is 18.7 Å². The molecule has 0 heterocycles. The molecule has 0 aromatic rings. The highest BCUT2D eigenvalue weighted by atomic mass is 14.5. The Hall–Kier alpha value is -0.780. The average Bonchev–Trinajstić information content (AvgIpc) is 2.49. The van der Waals surface area contributed by atoms with Crippen molar-refractivity contribution in [3.05, 3.63) is 35.5 Å². The van der Waals surface area contributed by atoms with Gasteiger partial charge in [0.25, 0.3) is 0 Å². The summed E-state index contributed by atoms with van der Waals surface area (Å²) in [4.78, 5) is 0. The first-order chi connectivity index (χ1) is 5.36. The van der Waals surface area contributed by atoms with E-state index in [0.717, 1.165) is 18.3 Å². The molecule has 0 aromatic heterocycles. The quantitative estimate of drug-likeness (QED) is 0.458. The molecular weight excluding hydrogens is 132 g/mol. The molecule has 5 rings (SSSR count). The monoisotopic (exact) mass is 144 g/mol. The zero-order valence-corrected chi connectivity index (χ0v) is 6.64. The van der Waals surface area contributed by atoms with Crippen molar-refractivity contribution in [2.24, 2.45) is 11.8 Å². The summed E-state index contributed by atoms with van der Waals surface area (Å²) in [6.07, 6.45) is 8.55. The van der Waals surface area contributed by atoms with Crippen LogP contribution in [0.4, 0.5) is 0 Å². The van der Waals surface area contributed by atoms with Crippen LogP contribution in [0.5, 0.6) is 0 Å². The fourth-order valence-corrected chi connectivity index (χ4v) is 2.75. The first-order valence-corrected chi connectivity index (χ1v) is 4.43. The van der Waals surface area contributed by atoms with Gasteiger partial charge in [0, 0.05) is 0 Å². The summed E-state index contributed by atoms with van der Waals surface area (Å²) in [6.45, 7) is 4.08. The highest BCUT2D eigenvalue weighted by molar-refractivity contribution is 5.53. The van der Waals surface area contributed by atoms with Crippen molar-refractivity contribution in [3.8, 4) is 0 Å². The fraction of sp³-hybridized carbons (Fsp3) is 0.455. The van der Waals surface area contributed by atoms with E-state index in [1.165, 1.54) is 18.4 Å². The molecule has 0 radical (unpaired) electrons. The largest absolute Gasteiger partial charge is 0.0995 e. The van der Waals surface area contributed by atoms with Crippen molar-refractivity contribution < 1.29 is 0 Å². The van der Waals surface area contributed by atoms with Gasteiger partial charge in [0.2, 0.25) is 0 Å². The zero-order valence-electron chi connectivity index (χ0n) is 6.64. The van der Waals surface area contributed by atoms with Crippen LogP contribution in [0.15, 0.2) is 35.5 Å². The average molecular weight is 144 g/mol. The second-order valence-electron chi connectivity index (χ2n) is 3.93. The van der Waals surface area contributed by atoms with Gasteiger partial charge in [-0.05, 0) is 42.2 Å². The maximum atomic E-state index is 4.08. The minimum Gasteiger partial charge on any atom is -0.0995 e. The highest BCUT2D eigenvalue weighted by Crippen LogP contribution is 2.57. The summed E-state index contributed by atoms with van der Waals surface area (Å²) in [5, 5.41) is 0. The molecule has 1 saturated carbocycles. The first kappa shape index (κ1) is 5.82. The topological polar surface area (TPSA) is 0 Å². The minimum atomic E-state index is 0.885. The van der Waals surface area contributed by atoms with Crippen LogP contribution >= 0.6 is 0 Å². The number of fused-ring (bicyclic) bond motifs is 4. The van der Waals surface area contributed by atoms with Gasteiger partial charge in [-0.25, -0.2) is 0 Å². The molecule has 5 aliphatic rings. The SMILES string of the molecule is C=C1CC=C2C3=CCC2C3C1. The predicted molar refractivity (Wildman–Crippen MR) is 46.1 cm³/mol. The van der Waals surface area contributed by atoms with Crippen LogP contribution in [0, 0.1) is 11.8 Å². The summed E-state index contributed by atoms with van der Waals surface area (Å²) >= 11 is 0. The van der Waals surface area contributed by atoms with Gasteiger partial charge in [0.05, 0.1) is 0 Å². The van der Waals surface area contributed by atoms with E-state index in [1.807, 2.05) is 0 Å². The third-order valence-electron chi connectivity index (χ3n) is 3.33. The Morgan fingerprint density at radius 3 is 2.73 bits per heavy atom. The molecule has 0 saturated heterocycles. The van der Waals surface area contributed by atoms with Crippen molar-refractivity contribution in [2.45, 2.75) is 19.3 Å². The molecule has 0 heteroatoms. The van der Waals surface area contributed by atoms with Crippen molar-refractivity contribution in [1.29, 1.82) is 0 Å². The van der Waals surface area contributed by atoms with Crippen LogP contribution in [-0.4, -0.2) is 0 Å². The van der Waals surface area contributed by atoms with Crippen LogP contribution in [0.25, 0.3) is 0 Å². The molecule has 4 bridgehead atoms. The van der Waals surface area contributed by atoms with E-state index in [9.17, 15) is 0 Å². The van der Waals surface area contributed by atoms with Gasteiger partial charge in [0.15, 0.2) is 0 Å². The van der Waals surface area contributed by atoms with Gasteiger partial charge in [-0.2, -0.15) is 0 Å². The molecule has 0 spiro atoms. The van der Waals surface area contributed by atoms with Crippen molar-refractivity contribution in [2.75, 3.05) is 0 Å². The van der Waals surface area contributed by atoms with Crippen LogP contribution in [0.1, 0.15) is 19.3 Å². The molecule has 0 amide bonds. The van der Waals surface area contributed by atoms with Gasteiger partial charge in [0.1, 0.15) is 0 Å². The Morgan fingerprint density at radius 2 is 2.00 bits per heavy atom. The van der Waals surface area contributed by atoms with Crippen LogP contribution in [0.3, 0.4) is 0 Å². The lowest BCUT2D eigenvalue weighted by Crippen LogP contribution is -2.24. The third-order valence-corrected chi connectivity index (χ3v) is 3.33. The molecule has 0 aliphatic heterocycles. The first-order valence-electron chi connectivity index (χ1n) is 4.43. The van der Waals surface area contributed by atoms with Crippen LogP contribution in [-0.2, 0) is 0 Å². The van der Waals surface area contributed by atoms with E-state index in [-0.39, 0.29) is 0 Å². The molecule has 56 valence electrons. The van der Waals surface area contributed by atoms with Crippen LogP contribution in [0.2, 0.25) is 0 Å². The maximum Gasteiger partial charge on any atom is -0.00533 e. The van der Waals surface area contributed by atoms with Gasteiger partial charge < -0.3 is 0 Å². The summed E-state index contributed by atoms with van der Waals surface area (Å²) < 4.78 is 0. The van der Waals surface area contributed by atoms with Gasteiger partial charge in [-0.15, -0.1) is 0 Å². The van der Waals surface area contributed by atoms with Gasteiger partial charge in [-0.3, -0.25) is 0 Å². The molecule has 0 nitrogen and oxygen atoms in total. The summed E-state index contributed by atoms with van der Waals surface area (Å²) in [6, 6.07) is 0. The number of hydrogen-bond acceptors (Lipinski definition) is 0. The molecule has 5 aliphatic carbocycles. The smallest absolute Gasteiger partial charge is 0.00533 e. The van der Waals surface area contributed by atoms with Crippen molar-refractivity contribution >= 4 is 0 Å². The summed E-state index contributed by atoms with van der Waals surface area (Å²) in [5.41, 5.74) is 4.75. The minimum absolute atomic E-state index is 0.885. The summed E-state index contributed by atoms with van der Waals surface area (Å²) in [5.74, 6) is 1.79. The lowest BCUT2D eigenvalue weighted by atomic mass is 9.69. The molecule has 0 aromatic carbocycles. The Morgan fingerprint density at radius 1 is 1.18 bits per heavy atom. The number of hydrogen-bond donors (Lipinski definition) is 0. The zero-order chi connectivity index (χ0) is 7.42. The highest BCUT2D eigenvalue weighted by Gasteiger charge is 2.45. The molecule has 2 atom stereocenters. The third kappa shape index (κ3) is 0.563. The van der Waals surface area contributed by atoms with E-state index in [4.69, 9.17) is 0 Å². The Bertz CT molecular complexity index is 291. The Labute approximate surface area is 67.3 Å². The van der Waals surface area contributed by atoms with E-state index < -0.39 is 0 Å². The van der Waals surface area contributed by atoms with E-state index in [0.29, 0.717) is 0 Å². The van der Waals surface area contributed by atoms with Crippen molar-refractivity contribution in [1.82, 2.24) is 0 Å². The Kier molecular flexibility index (Phi) is 0.892. The molecule has 2 unspecified atom stereocenters. The molecule has 0 N–H and O–H groups in total. The van der Waals surface area contributed by atoms with Gasteiger partial charge >= 0.3 is 0 Å². The van der Waals surface area contributed by atoms with E-state index >= 15 is 0 Å². The second-order valence-corrected chi connectivity index (χ2v) is 3.93. The number of allylic oxidation sites excluding steroid dienone is 5. The molecule has 11 heavy (non-hydrogen) atoms. The predicted octanol–water partition coefficient (Wildman–Crippen LogP) is 2.84. The molecular formula is C11H12. The van der Waals surface area contributed by atoms with Crippen molar-refractivity contribution in [3.63, 3.8) is 0 Å². The second kappa shape index (κ2) is 1.69. The standard InChI is InChI=1S/C11H12/c1-7-2-3-8-9-4-5-10(8)11(9)6-7/h3-4,10-11H,1-2,5-6H2. The fourth-order valence-electron chi connectivity index (χ4n) is 2.75. The van der Waals surface area contributed by atoms with Gasteiger partial charge in [-0.1, -0.05) is 24.3 Å². The van der Waals surface area contributed by atoms with E-state index in [1.54, 1.807) is 11.1 Å². The molecule has 1 fully saturated rings. The number of rotatable bonds is 0.